The summed E-state index contributed by atoms with van der Waals surface area (Å²) in [6, 6.07) is 20.8. The van der Waals surface area contributed by atoms with Crippen LogP contribution in [0.5, 0.6) is 11.5 Å². The Balaban J connectivity index is 1.53. The predicted octanol–water partition coefficient (Wildman–Crippen LogP) is 5.03. The van der Waals surface area contributed by atoms with Crippen LogP contribution in [0.3, 0.4) is 0 Å². The van der Waals surface area contributed by atoms with E-state index < -0.39 is 5.60 Å². The first kappa shape index (κ1) is 20.1. The molecule has 1 unspecified atom stereocenters. The highest BCUT2D eigenvalue weighted by atomic mass is 35.5. The van der Waals surface area contributed by atoms with Crippen molar-refractivity contribution in [1.29, 1.82) is 0 Å². The number of halogens is 1. The van der Waals surface area contributed by atoms with Crippen molar-refractivity contribution in [2.45, 2.75) is 18.9 Å². The van der Waals surface area contributed by atoms with E-state index in [0.717, 1.165) is 0 Å². The molecule has 4 rings (SSSR count). The molecule has 152 valence electrons. The molecule has 1 aliphatic rings. The number of carbonyl (C=O) groups is 2. The summed E-state index contributed by atoms with van der Waals surface area (Å²) in [6.45, 7) is 1.74. The third kappa shape index (κ3) is 3.82. The van der Waals surface area contributed by atoms with Gasteiger partial charge >= 0.3 is 0 Å². The molecule has 0 radical (unpaired) electrons. The zero-order valence-electron chi connectivity index (χ0n) is 16.3. The molecule has 0 bridgehead atoms. The summed E-state index contributed by atoms with van der Waals surface area (Å²) in [6.07, 6.45) is 0.166. The van der Waals surface area contributed by atoms with Crippen LogP contribution in [-0.4, -0.2) is 28.4 Å². The molecule has 0 spiro atoms. The zero-order chi connectivity index (χ0) is 21.3. The fourth-order valence-electron chi connectivity index (χ4n) is 3.54. The Morgan fingerprint density at radius 2 is 1.47 bits per heavy atom. The number of rotatable bonds is 6. The van der Waals surface area contributed by atoms with Gasteiger partial charge < -0.3 is 9.84 Å². The molecule has 1 aliphatic heterocycles. The number of aliphatic hydroxyl groups is 1. The Morgan fingerprint density at radius 1 is 0.900 bits per heavy atom. The summed E-state index contributed by atoms with van der Waals surface area (Å²) in [5.74, 6) is 0.407. The number of benzene rings is 3. The predicted molar refractivity (Wildman–Crippen MR) is 114 cm³/mol. The molecule has 5 nitrogen and oxygen atoms in total. The summed E-state index contributed by atoms with van der Waals surface area (Å²) in [5, 5.41) is 11.8. The molecule has 1 heterocycles. The van der Waals surface area contributed by atoms with Gasteiger partial charge in [0.25, 0.3) is 11.8 Å². The minimum absolute atomic E-state index is 0.0919. The van der Waals surface area contributed by atoms with E-state index in [1.165, 1.54) is 4.90 Å². The van der Waals surface area contributed by atoms with Crippen LogP contribution in [0.2, 0.25) is 5.02 Å². The van der Waals surface area contributed by atoms with Crippen molar-refractivity contribution in [2.75, 3.05) is 6.54 Å². The van der Waals surface area contributed by atoms with Crippen LogP contribution in [0.4, 0.5) is 0 Å². The third-order valence-electron chi connectivity index (χ3n) is 5.21. The molecule has 0 saturated heterocycles. The first-order chi connectivity index (χ1) is 14.4. The largest absolute Gasteiger partial charge is 0.457 e. The Labute approximate surface area is 179 Å². The van der Waals surface area contributed by atoms with Crippen molar-refractivity contribution in [2.24, 2.45) is 0 Å². The van der Waals surface area contributed by atoms with Gasteiger partial charge in [-0.2, -0.15) is 0 Å². The zero-order valence-corrected chi connectivity index (χ0v) is 17.1. The van der Waals surface area contributed by atoms with Crippen molar-refractivity contribution in [3.63, 3.8) is 0 Å². The van der Waals surface area contributed by atoms with Crippen molar-refractivity contribution >= 4 is 23.4 Å². The van der Waals surface area contributed by atoms with Crippen molar-refractivity contribution in [3.05, 3.63) is 94.5 Å². The molecular formula is C24H20ClNO4. The van der Waals surface area contributed by atoms with E-state index in [1.807, 2.05) is 6.07 Å². The topological polar surface area (TPSA) is 66.8 Å². The molecule has 3 aromatic carbocycles. The van der Waals surface area contributed by atoms with Gasteiger partial charge in [-0.25, -0.2) is 0 Å². The lowest BCUT2D eigenvalue weighted by atomic mass is 9.91. The Morgan fingerprint density at radius 3 is 2.10 bits per heavy atom. The number of para-hydroxylation sites is 1. The summed E-state index contributed by atoms with van der Waals surface area (Å²) < 4.78 is 5.95. The molecule has 30 heavy (non-hydrogen) atoms. The highest BCUT2D eigenvalue weighted by molar-refractivity contribution is 6.30. The van der Waals surface area contributed by atoms with Crippen molar-refractivity contribution in [1.82, 2.24) is 4.90 Å². The molecule has 3 aromatic rings. The van der Waals surface area contributed by atoms with Crippen LogP contribution in [0.15, 0.2) is 72.8 Å². The van der Waals surface area contributed by atoms with Gasteiger partial charge in [0, 0.05) is 17.1 Å². The summed E-state index contributed by atoms with van der Waals surface area (Å²) in [4.78, 5) is 26.4. The molecular weight excluding hydrogens is 402 g/mol. The summed E-state index contributed by atoms with van der Waals surface area (Å²) in [5.41, 5.74) is 0.0389. The van der Waals surface area contributed by atoms with E-state index in [9.17, 15) is 14.7 Å². The van der Waals surface area contributed by atoms with Crippen LogP contribution in [0.1, 0.15) is 39.6 Å². The second kappa shape index (κ2) is 7.94. The van der Waals surface area contributed by atoms with Gasteiger partial charge in [0.2, 0.25) is 0 Å². The SMILES string of the molecule is CC(O)(CCN1C(=O)c2ccccc2C1=O)c1ccccc1Oc1ccc(Cl)cc1. The van der Waals surface area contributed by atoms with E-state index in [4.69, 9.17) is 16.3 Å². The second-order valence-electron chi connectivity index (χ2n) is 7.38. The van der Waals surface area contributed by atoms with Crippen LogP contribution in [0.25, 0.3) is 0 Å². The molecule has 1 N–H and O–H groups in total. The summed E-state index contributed by atoms with van der Waals surface area (Å²) >= 11 is 5.92. The van der Waals surface area contributed by atoms with Crippen molar-refractivity contribution < 1.29 is 19.4 Å². The maximum absolute atomic E-state index is 12.6. The molecule has 0 fully saturated rings. The van der Waals surface area contributed by atoms with E-state index in [0.29, 0.717) is 33.2 Å². The molecule has 0 aliphatic carbocycles. The quantitative estimate of drug-likeness (QED) is 0.567. The smallest absolute Gasteiger partial charge is 0.261 e. The number of carbonyl (C=O) groups excluding carboxylic acids is 2. The number of imide groups is 1. The van der Waals surface area contributed by atoms with Gasteiger partial charge in [0.05, 0.1) is 16.7 Å². The molecule has 1 atom stereocenters. The third-order valence-corrected chi connectivity index (χ3v) is 5.46. The van der Waals surface area contributed by atoms with Crippen LogP contribution >= 0.6 is 11.6 Å². The average molecular weight is 422 g/mol. The molecule has 6 heteroatoms. The van der Waals surface area contributed by atoms with E-state index in [2.05, 4.69) is 0 Å². The maximum atomic E-state index is 12.6. The van der Waals surface area contributed by atoms with Gasteiger partial charge in [-0.1, -0.05) is 41.9 Å². The first-order valence-electron chi connectivity index (χ1n) is 9.57. The Kier molecular flexibility index (Phi) is 5.33. The van der Waals surface area contributed by atoms with Crippen LogP contribution in [-0.2, 0) is 5.60 Å². The highest BCUT2D eigenvalue weighted by Gasteiger charge is 2.37. The number of nitrogens with zero attached hydrogens (tertiary/aromatic N) is 1. The van der Waals surface area contributed by atoms with Gasteiger partial charge in [-0.15, -0.1) is 0 Å². The van der Waals surface area contributed by atoms with Crippen LogP contribution in [0, 0.1) is 0 Å². The number of hydrogen-bond donors (Lipinski definition) is 1. The van der Waals surface area contributed by atoms with Gasteiger partial charge in [0.15, 0.2) is 0 Å². The minimum atomic E-state index is -1.32. The fraction of sp³-hybridized carbons (Fsp3) is 0.167. The number of fused-ring (bicyclic) bond motifs is 1. The molecule has 0 saturated carbocycles. The maximum Gasteiger partial charge on any atom is 0.261 e. The fourth-order valence-corrected chi connectivity index (χ4v) is 3.66. The number of hydrogen-bond acceptors (Lipinski definition) is 4. The van der Waals surface area contributed by atoms with E-state index >= 15 is 0 Å². The average Bonchev–Trinajstić information content (AvgIpc) is 2.99. The first-order valence-corrected chi connectivity index (χ1v) is 9.95. The van der Waals surface area contributed by atoms with Gasteiger partial charge in [0.1, 0.15) is 11.5 Å². The van der Waals surface area contributed by atoms with Crippen LogP contribution < -0.4 is 4.74 Å². The molecule has 0 aromatic heterocycles. The van der Waals surface area contributed by atoms with E-state index in [1.54, 1.807) is 73.7 Å². The summed E-state index contributed by atoms with van der Waals surface area (Å²) in [7, 11) is 0. The van der Waals surface area contributed by atoms with Crippen molar-refractivity contribution in [3.8, 4) is 11.5 Å². The highest BCUT2D eigenvalue weighted by Crippen LogP contribution is 2.36. The minimum Gasteiger partial charge on any atom is -0.457 e. The van der Waals surface area contributed by atoms with E-state index in [-0.39, 0.29) is 24.8 Å². The Bertz CT molecular complexity index is 1070. The number of amides is 2. The lowest BCUT2D eigenvalue weighted by molar-refractivity contribution is 0.0326. The lowest BCUT2D eigenvalue weighted by Crippen LogP contribution is -2.35. The molecule has 2 amide bonds. The standard InChI is InChI=1S/C24H20ClNO4/c1-24(29,14-15-26-22(27)18-6-2-3-7-19(18)23(26)28)20-8-4-5-9-21(20)30-17-12-10-16(25)11-13-17/h2-13,29H,14-15H2,1H3. The monoisotopic (exact) mass is 421 g/mol. The normalized spacial score (nSPS) is 15.1. The van der Waals surface area contributed by atoms with Gasteiger partial charge in [-0.3, -0.25) is 14.5 Å². The second-order valence-corrected chi connectivity index (χ2v) is 7.82. The number of ether oxygens (including phenoxy) is 1. The Hall–Kier alpha value is -3.15. The van der Waals surface area contributed by atoms with Gasteiger partial charge in [-0.05, 0) is 55.8 Å². The lowest BCUT2D eigenvalue weighted by Gasteiger charge is -2.28.